The number of cyclic esters (lactones) is 2. The SMILES string of the molecule is CC(C)OCCN1C(=S)N2COC(=O)CC(=O)OC[N+]3=CC=C1C3C2=O. The van der Waals surface area contributed by atoms with E-state index < -0.39 is 24.4 Å². The van der Waals surface area contributed by atoms with Crippen LogP contribution in [-0.2, 0) is 28.6 Å². The Morgan fingerprint density at radius 1 is 1.31 bits per heavy atom. The number of hydrogen-bond donors (Lipinski definition) is 0. The number of nitrogens with zero attached hydrogens (tertiary/aromatic N) is 3. The van der Waals surface area contributed by atoms with E-state index in [1.807, 2.05) is 13.8 Å². The van der Waals surface area contributed by atoms with Gasteiger partial charge in [-0.05, 0) is 26.1 Å². The molecule has 1 amide bonds. The van der Waals surface area contributed by atoms with Crippen LogP contribution >= 0.6 is 12.2 Å². The number of thiocarbonyl (C=S) groups is 1. The summed E-state index contributed by atoms with van der Waals surface area (Å²) in [4.78, 5) is 39.3. The Labute approximate surface area is 155 Å². The molecule has 10 heteroatoms. The van der Waals surface area contributed by atoms with E-state index in [1.54, 1.807) is 21.8 Å². The highest BCUT2D eigenvalue weighted by Crippen LogP contribution is 2.26. The van der Waals surface area contributed by atoms with Gasteiger partial charge in [-0.2, -0.15) is 4.58 Å². The minimum atomic E-state index is -0.771. The number of allylic oxidation sites excluding steroid dienone is 1. The summed E-state index contributed by atoms with van der Waals surface area (Å²) in [6.45, 7) is 4.24. The smallest absolute Gasteiger partial charge is 0.321 e. The zero-order valence-electron chi connectivity index (χ0n) is 14.5. The van der Waals surface area contributed by atoms with Crippen LogP contribution in [0.1, 0.15) is 20.3 Å². The van der Waals surface area contributed by atoms with E-state index in [9.17, 15) is 14.4 Å². The monoisotopic (exact) mass is 382 g/mol. The van der Waals surface area contributed by atoms with Gasteiger partial charge in [-0.25, -0.2) is 4.90 Å². The molecule has 9 nitrogen and oxygen atoms in total. The van der Waals surface area contributed by atoms with Crippen LogP contribution in [0.15, 0.2) is 11.8 Å². The first kappa shape index (κ1) is 18.5. The summed E-state index contributed by atoms with van der Waals surface area (Å²) >= 11 is 5.44. The van der Waals surface area contributed by atoms with Crippen molar-refractivity contribution in [1.82, 2.24) is 9.80 Å². The maximum absolute atomic E-state index is 12.9. The molecular formula is C16H20N3O6S+. The van der Waals surface area contributed by atoms with Crippen LogP contribution in [0.3, 0.4) is 0 Å². The third kappa shape index (κ3) is 3.61. The van der Waals surface area contributed by atoms with Crippen molar-refractivity contribution >= 4 is 41.4 Å². The van der Waals surface area contributed by atoms with Crippen molar-refractivity contribution in [3.63, 3.8) is 0 Å². The predicted molar refractivity (Wildman–Crippen MR) is 92.0 cm³/mol. The molecule has 0 aromatic heterocycles. The van der Waals surface area contributed by atoms with Gasteiger partial charge < -0.3 is 19.1 Å². The molecule has 0 aliphatic carbocycles. The van der Waals surface area contributed by atoms with Crippen LogP contribution in [0.25, 0.3) is 0 Å². The van der Waals surface area contributed by atoms with Gasteiger partial charge in [-0.3, -0.25) is 14.4 Å². The predicted octanol–water partition coefficient (Wildman–Crippen LogP) is -0.405. The van der Waals surface area contributed by atoms with Gasteiger partial charge in [0.1, 0.15) is 12.1 Å². The van der Waals surface area contributed by atoms with Crippen LogP contribution in [0, 0.1) is 0 Å². The van der Waals surface area contributed by atoms with Crippen LogP contribution in [0.2, 0.25) is 0 Å². The average molecular weight is 382 g/mol. The van der Waals surface area contributed by atoms with Gasteiger partial charge in [-0.15, -0.1) is 0 Å². The molecule has 1 unspecified atom stereocenters. The van der Waals surface area contributed by atoms with Gasteiger partial charge in [0.05, 0.1) is 12.7 Å². The zero-order chi connectivity index (χ0) is 18.8. The maximum Gasteiger partial charge on any atom is 0.321 e. The summed E-state index contributed by atoms with van der Waals surface area (Å²) in [6.07, 6.45) is 3.00. The molecule has 1 atom stereocenters. The third-order valence-corrected chi connectivity index (χ3v) is 4.55. The summed E-state index contributed by atoms with van der Waals surface area (Å²) in [5.74, 6) is -1.81. The molecule has 0 N–H and O–H groups in total. The molecule has 26 heavy (non-hydrogen) atoms. The summed E-state index contributed by atoms with van der Waals surface area (Å²) in [7, 11) is 0. The van der Waals surface area contributed by atoms with Crippen molar-refractivity contribution in [3.05, 3.63) is 11.8 Å². The van der Waals surface area contributed by atoms with Gasteiger partial charge >= 0.3 is 17.8 Å². The Morgan fingerprint density at radius 3 is 2.77 bits per heavy atom. The molecule has 3 heterocycles. The molecule has 0 spiro atoms. The lowest BCUT2D eigenvalue weighted by Gasteiger charge is -2.38. The van der Waals surface area contributed by atoms with Crippen molar-refractivity contribution in [2.24, 2.45) is 0 Å². The maximum atomic E-state index is 12.9. The fraction of sp³-hybridized carbons (Fsp3) is 0.562. The Morgan fingerprint density at radius 2 is 2.04 bits per heavy atom. The van der Waals surface area contributed by atoms with E-state index in [-0.39, 0.29) is 30.6 Å². The summed E-state index contributed by atoms with van der Waals surface area (Å²) in [5.41, 5.74) is 0.685. The third-order valence-electron chi connectivity index (χ3n) is 4.11. The molecular weight excluding hydrogens is 362 g/mol. The lowest BCUT2D eigenvalue weighted by molar-refractivity contribution is -0.571. The zero-order valence-corrected chi connectivity index (χ0v) is 15.4. The highest BCUT2D eigenvalue weighted by molar-refractivity contribution is 7.80. The Kier molecular flexibility index (Phi) is 5.33. The Bertz CT molecular complexity index is 717. The second kappa shape index (κ2) is 7.50. The molecule has 0 saturated carbocycles. The Balaban J connectivity index is 1.87. The number of hydrogen-bond acceptors (Lipinski definition) is 7. The second-order valence-corrected chi connectivity index (χ2v) is 6.61. The lowest BCUT2D eigenvalue weighted by Crippen LogP contribution is -2.60. The highest BCUT2D eigenvalue weighted by Gasteiger charge is 2.50. The molecule has 3 rings (SSSR count). The number of carbonyl (C=O) groups excluding carboxylic acids is 3. The number of amides is 1. The summed E-state index contributed by atoms with van der Waals surface area (Å²) in [6, 6.07) is -0.689. The first-order valence-corrected chi connectivity index (χ1v) is 8.66. The van der Waals surface area contributed by atoms with Crippen LogP contribution < -0.4 is 0 Å². The van der Waals surface area contributed by atoms with Crippen LogP contribution in [0.4, 0.5) is 0 Å². The molecule has 0 radical (unpaired) electrons. The van der Waals surface area contributed by atoms with Crippen molar-refractivity contribution in [3.8, 4) is 0 Å². The molecule has 140 valence electrons. The van der Waals surface area contributed by atoms with Gasteiger partial charge in [0, 0.05) is 12.6 Å². The van der Waals surface area contributed by atoms with Crippen molar-refractivity contribution < 1.29 is 33.2 Å². The highest BCUT2D eigenvalue weighted by atomic mass is 32.1. The van der Waals surface area contributed by atoms with Gasteiger partial charge in [0.2, 0.25) is 0 Å². The Hall–Kier alpha value is -2.33. The van der Waals surface area contributed by atoms with E-state index in [1.165, 1.54) is 4.90 Å². The molecule has 2 saturated heterocycles. The van der Waals surface area contributed by atoms with E-state index in [4.69, 9.17) is 26.4 Å². The van der Waals surface area contributed by atoms with Crippen molar-refractivity contribution in [2.45, 2.75) is 32.4 Å². The average Bonchev–Trinajstić information content (AvgIpc) is 2.98. The first-order valence-electron chi connectivity index (χ1n) is 8.25. The molecule has 0 aromatic rings. The number of carbonyl (C=O) groups is 3. The number of esters is 2. The number of ether oxygens (including phenoxy) is 3. The topological polar surface area (TPSA) is 88.4 Å². The number of fused-ring (bicyclic) bond motifs is 1. The van der Waals surface area contributed by atoms with Crippen molar-refractivity contribution in [2.75, 3.05) is 26.6 Å². The van der Waals surface area contributed by atoms with E-state index in [0.29, 0.717) is 18.8 Å². The molecule has 3 aliphatic heterocycles. The minimum absolute atomic E-state index is 0.0667. The van der Waals surface area contributed by atoms with Gasteiger partial charge in [-0.1, -0.05) is 0 Å². The van der Waals surface area contributed by atoms with E-state index in [0.717, 1.165) is 0 Å². The van der Waals surface area contributed by atoms with Crippen molar-refractivity contribution in [1.29, 1.82) is 0 Å². The molecule has 2 fully saturated rings. The van der Waals surface area contributed by atoms with E-state index in [2.05, 4.69) is 0 Å². The van der Waals surface area contributed by atoms with Crippen LogP contribution in [-0.4, -0.2) is 82.3 Å². The quantitative estimate of drug-likeness (QED) is 0.281. The fourth-order valence-corrected chi connectivity index (χ4v) is 3.21. The summed E-state index contributed by atoms with van der Waals surface area (Å²) < 4.78 is 17.3. The van der Waals surface area contributed by atoms with E-state index >= 15 is 0 Å². The number of rotatable bonds is 4. The van der Waals surface area contributed by atoms with Gasteiger partial charge in [0.15, 0.2) is 18.1 Å². The summed E-state index contributed by atoms with van der Waals surface area (Å²) in [5, 5.41) is 0.236. The molecule has 0 aromatic carbocycles. The molecule has 2 bridgehead atoms. The first-order chi connectivity index (χ1) is 12.4. The van der Waals surface area contributed by atoms with Crippen LogP contribution in [0.5, 0.6) is 0 Å². The largest absolute Gasteiger partial charge is 0.443 e. The molecule has 3 aliphatic rings. The minimum Gasteiger partial charge on any atom is -0.443 e. The van der Waals surface area contributed by atoms with Gasteiger partial charge in [0.25, 0.3) is 12.8 Å². The fourth-order valence-electron chi connectivity index (χ4n) is 2.87. The second-order valence-electron chi connectivity index (χ2n) is 6.25. The lowest BCUT2D eigenvalue weighted by atomic mass is 10.1. The normalized spacial score (nSPS) is 23.4. The standard InChI is InChI=1S/C16H20N3O6S/c1-10(2)23-6-5-18-11-3-4-17-8-24-12(20)7-13(21)25-9-19(16(18)26)15(22)14(11)17/h3-4,10,14H,5-9H2,1-2H3/q+1.